The molecule has 0 saturated carbocycles. The van der Waals surface area contributed by atoms with E-state index < -0.39 is 0 Å². The highest BCUT2D eigenvalue weighted by Crippen LogP contribution is 2.24. The molecule has 1 aliphatic rings. The van der Waals surface area contributed by atoms with Crippen LogP contribution in [0, 0.1) is 5.92 Å². The molecule has 0 aliphatic carbocycles. The van der Waals surface area contributed by atoms with Crippen molar-refractivity contribution in [2.24, 2.45) is 10.9 Å². The number of anilines is 1. The average Bonchev–Trinajstić information content (AvgIpc) is 3.00. The molecule has 1 aromatic rings. The molecule has 1 saturated heterocycles. The second-order valence-corrected chi connectivity index (χ2v) is 6.73. The third kappa shape index (κ3) is 5.20. The molecule has 2 rings (SSSR count). The lowest BCUT2D eigenvalue weighted by molar-refractivity contribution is 0.565. The van der Waals surface area contributed by atoms with Crippen molar-refractivity contribution in [2.75, 3.05) is 38.1 Å². The predicted octanol–water partition coefficient (Wildman–Crippen LogP) is 3.24. The number of benzene rings is 1. The van der Waals surface area contributed by atoms with E-state index in [1.165, 1.54) is 24.9 Å². The maximum absolute atomic E-state index is 4.28. The second kappa shape index (κ2) is 9.03. The average molecular weight is 367 g/mol. The minimum atomic E-state index is 0.674. The molecular weight excluding hydrogens is 340 g/mol. The summed E-state index contributed by atoms with van der Waals surface area (Å²) >= 11 is 3.49. The highest BCUT2D eigenvalue weighted by molar-refractivity contribution is 9.10. The molecule has 1 aromatic carbocycles. The van der Waals surface area contributed by atoms with Crippen LogP contribution >= 0.6 is 15.9 Å². The maximum Gasteiger partial charge on any atom is 0.190 e. The molecule has 0 spiro atoms. The van der Waals surface area contributed by atoms with Gasteiger partial charge in [0.2, 0.25) is 0 Å². The SMILES string of the molecule is CCCCNC(=NC)NCC1CCN(c2ccc(Br)cc2)C1. The van der Waals surface area contributed by atoms with Crippen LogP contribution in [0.3, 0.4) is 0 Å². The molecule has 4 nitrogen and oxygen atoms in total. The third-order valence-electron chi connectivity index (χ3n) is 4.08. The van der Waals surface area contributed by atoms with Crippen molar-refractivity contribution in [3.63, 3.8) is 0 Å². The van der Waals surface area contributed by atoms with Crippen LogP contribution in [0.1, 0.15) is 26.2 Å². The van der Waals surface area contributed by atoms with Gasteiger partial charge in [-0.15, -0.1) is 0 Å². The first-order valence-corrected chi connectivity index (χ1v) is 8.97. The van der Waals surface area contributed by atoms with Crippen LogP contribution in [0.15, 0.2) is 33.7 Å². The van der Waals surface area contributed by atoms with Crippen molar-refractivity contribution in [1.82, 2.24) is 10.6 Å². The molecule has 1 heterocycles. The minimum Gasteiger partial charge on any atom is -0.371 e. The fourth-order valence-electron chi connectivity index (χ4n) is 2.73. The van der Waals surface area contributed by atoms with E-state index in [0.717, 1.165) is 36.6 Å². The van der Waals surface area contributed by atoms with E-state index in [-0.39, 0.29) is 0 Å². The summed E-state index contributed by atoms with van der Waals surface area (Å²) < 4.78 is 1.13. The first kappa shape index (κ1) is 17.1. The van der Waals surface area contributed by atoms with Gasteiger partial charge < -0.3 is 15.5 Å². The molecule has 2 N–H and O–H groups in total. The predicted molar refractivity (Wildman–Crippen MR) is 98.7 cm³/mol. The summed E-state index contributed by atoms with van der Waals surface area (Å²) in [5, 5.41) is 6.82. The van der Waals surface area contributed by atoms with E-state index in [1.807, 2.05) is 7.05 Å². The number of hydrogen-bond donors (Lipinski definition) is 2. The first-order valence-electron chi connectivity index (χ1n) is 8.18. The number of rotatable bonds is 6. The monoisotopic (exact) mass is 366 g/mol. The summed E-state index contributed by atoms with van der Waals surface area (Å²) in [6.45, 7) is 6.42. The van der Waals surface area contributed by atoms with Gasteiger partial charge in [-0.05, 0) is 43.0 Å². The Morgan fingerprint density at radius 2 is 2.09 bits per heavy atom. The number of halogens is 1. The van der Waals surface area contributed by atoms with E-state index in [4.69, 9.17) is 0 Å². The highest BCUT2D eigenvalue weighted by atomic mass is 79.9. The van der Waals surface area contributed by atoms with Gasteiger partial charge in [0.25, 0.3) is 0 Å². The third-order valence-corrected chi connectivity index (χ3v) is 4.61. The Labute approximate surface area is 142 Å². The van der Waals surface area contributed by atoms with Crippen LogP contribution in [0.5, 0.6) is 0 Å². The highest BCUT2D eigenvalue weighted by Gasteiger charge is 2.22. The quantitative estimate of drug-likeness (QED) is 0.461. The Kier molecular flexibility index (Phi) is 7.03. The van der Waals surface area contributed by atoms with Crippen molar-refractivity contribution in [1.29, 1.82) is 0 Å². The molecule has 1 fully saturated rings. The molecule has 0 bridgehead atoms. The molecule has 1 aliphatic heterocycles. The number of hydrogen-bond acceptors (Lipinski definition) is 2. The Bertz CT molecular complexity index is 472. The zero-order valence-corrected chi connectivity index (χ0v) is 15.2. The Morgan fingerprint density at radius 3 is 2.77 bits per heavy atom. The van der Waals surface area contributed by atoms with Crippen molar-refractivity contribution < 1.29 is 0 Å². The largest absolute Gasteiger partial charge is 0.371 e. The summed E-state index contributed by atoms with van der Waals surface area (Å²) in [5.41, 5.74) is 1.32. The number of nitrogens with zero attached hydrogens (tertiary/aromatic N) is 2. The lowest BCUT2D eigenvalue weighted by atomic mass is 10.1. The molecule has 0 amide bonds. The Hall–Kier alpha value is -1.23. The number of nitrogens with one attached hydrogen (secondary N) is 2. The zero-order valence-electron chi connectivity index (χ0n) is 13.6. The molecule has 0 aromatic heterocycles. The Balaban J connectivity index is 1.75. The van der Waals surface area contributed by atoms with Gasteiger partial charge in [-0.25, -0.2) is 0 Å². The molecule has 122 valence electrons. The molecule has 22 heavy (non-hydrogen) atoms. The van der Waals surface area contributed by atoms with E-state index in [0.29, 0.717) is 5.92 Å². The van der Waals surface area contributed by atoms with E-state index in [9.17, 15) is 0 Å². The van der Waals surface area contributed by atoms with Gasteiger partial charge in [0.15, 0.2) is 5.96 Å². The zero-order chi connectivity index (χ0) is 15.8. The lowest BCUT2D eigenvalue weighted by Crippen LogP contribution is -2.40. The van der Waals surface area contributed by atoms with Gasteiger partial charge in [-0.1, -0.05) is 29.3 Å². The van der Waals surface area contributed by atoms with Crippen molar-refractivity contribution in [3.05, 3.63) is 28.7 Å². The van der Waals surface area contributed by atoms with Crippen LogP contribution in [-0.2, 0) is 0 Å². The summed E-state index contributed by atoms with van der Waals surface area (Å²) in [6, 6.07) is 8.59. The molecule has 1 unspecified atom stereocenters. The molecule has 1 atom stereocenters. The van der Waals surface area contributed by atoms with Gasteiger partial charge in [0.1, 0.15) is 0 Å². The number of aliphatic imine (C=N–C) groups is 1. The molecule has 5 heteroatoms. The van der Waals surface area contributed by atoms with Gasteiger partial charge >= 0.3 is 0 Å². The van der Waals surface area contributed by atoms with Crippen molar-refractivity contribution in [3.8, 4) is 0 Å². The normalized spacial score (nSPS) is 18.6. The summed E-state index contributed by atoms with van der Waals surface area (Å²) in [7, 11) is 1.84. The summed E-state index contributed by atoms with van der Waals surface area (Å²) in [5.74, 6) is 1.60. The Morgan fingerprint density at radius 1 is 1.32 bits per heavy atom. The van der Waals surface area contributed by atoms with Gasteiger partial charge in [-0.3, -0.25) is 4.99 Å². The topological polar surface area (TPSA) is 39.7 Å². The van der Waals surface area contributed by atoms with Crippen LogP contribution in [0.2, 0.25) is 0 Å². The first-order chi connectivity index (χ1) is 10.7. The second-order valence-electron chi connectivity index (χ2n) is 5.81. The number of guanidine groups is 1. The van der Waals surface area contributed by atoms with Crippen LogP contribution in [0.25, 0.3) is 0 Å². The maximum atomic E-state index is 4.28. The molecular formula is C17H27BrN4. The fraction of sp³-hybridized carbons (Fsp3) is 0.588. The van der Waals surface area contributed by atoms with Crippen molar-refractivity contribution in [2.45, 2.75) is 26.2 Å². The van der Waals surface area contributed by atoms with Crippen LogP contribution in [-0.4, -0.2) is 39.2 Å². The standard InChI is InChI=1S/C17H27BrN4/c1-3-4-10-20-17(19-2)21-12-14-9-11-22(13-14)16-7-5-15(18)6-8-16/h5-8,14H,3-4,9-13H2,1-2H3,(H2,19,20,21). The minimum absolute atomic E-state index is 0.674. The number of unbranched alkanes of at least 4 members (excludes halogenated alkanes) is 1. The van der Waals surface area contributed by atoms with Gasteiger partial charge in [-0.2, -0.15) is 0 Å². The van der Waals surface area contributed by atoms with E-state index >= 15 is 0 Å². The summed E-state index contributed by atoms with van der Waals surface area (Å²) in [6.07, 6.45) is 3.62. The fourth-order valence-corrected chi connectivity index (χ4v) is 3.00. The molecule has 0 radical (unpaired) electrons. The van der Waals surface area contributed by atoms with Gasteiger partial charge in [0, 0.05) is 43.4 Å². The lowest BCUT2D eigenvalue weighted by Gasteiger charge is -2.19. The smallest absolute Gasteiger partial charge is 0.190 e. The van der Waals surface area contributed by atoms with E-state index in [2.05, 4.69) is 67.6 Å². The van der Waals surface area contributed by atoms with Crippen LogP contribution < -0.4 is 15.5 Å². The summed E-state index contributed by atoms with van der Waals surface area (Å²) in [4.78, 5) is 6.75. The van der Waals surface area contributed by atoms with Gasteiger partial charge in [0.05, 0.1) is 0 Å². The van der Waals surface area contributed by atoms with Crippen molar-refractivity contribution >= 4 is 27.6 Å². The van der Waals surface area contributed by atoms with Crippen LogP contribution in [0.4, 0.5) is 5.69 Å². The van der Waals surface area contributed by atoms with E-state index in [1.54, 1.807) is 0 Å².